The molecule has 0 atom stereocenters. The van der Waals surface area contributed by atoms with Crippen molar-refractivity contribution in [1.82, 2.24) is 4.90 Å². The van der Waals surface area contributed by atoms with E-state index in [4.69, 9.17) is 4.74 Å². The van der Waals surface area contributed by atoms with Crippen molar-refractivity contribution < 1.29 is 19.1 Å². The normalized spacial score (nSPS) is 17.5. The van der Waals surface area contributed by atoms with Crippen LogP contribution in [0.5, 0.6) is 0 Å². The second-order valence-corrected chi connectivity index (χ2v) is 8.53. The Morgan fingerprint density at radius 3 is 2.54 bits per heavy atom. The summed E-state index contributed by atoms with van der Waals surface area (Å²) in [5.74, 6) is 0.110. The van der Waals surface area contributed by atoms with Gasteiger partial charge in [0.2, 0.25) is 11.8 Å². The SMILES string of the molecule is CCOC(=O)c1cc2cc(NC(=O)C3CCN(C(=O)C4CC4)CC3)ccc2s1. The van der Waals surface area contributed by atoms with Crippen LogP contribution in [0.25, 0.3) is 10.1 Å². The molecule has 1 aromatic heterocycles. The van der Waals surface area contributed by atoms with Gasteiger partial charge in [0.15, 0.2) is 0 Å². The van der Waals surface area contributed by atoms with Crippen LogP contribution < -0.4 is 5.32 Å². The van der Waals surface area contributed by atoms with Crippen LogP contribution in [0.1, 0.15) is 42.3 Å². The summed E-state index contributed by atoms with van der Waals surface area (Å²) in [5.41, 5.74) is 0.724. The summed E-state index contributed by atoms with van der Waals surface area (Å²) < 4.78 is 6.03. The summed E-state index contributed by atoms with van der Waals surface area (Å²) in [4.78, 5) is 39.1. The fourth-order valence-electron chi connectivity index (χ4n) is 3.62. The van der Waals surface area contributed by atoms with Crippen molar-refractivity contribution in [2.45, 2.75) is 32.6 Å². The van der Waals surface area contributed by atoms with Crippen LogP contribution in [-0.4, -0.2) is 42.4 Å². The number of piperidine rings is 1. The van der Waals surface area contributed by atoms with Gasteiger partial charge in [0, 0.05) is 35.3 Å². The van der Waals surface area contributed by atoms with E-state index in [9.17, 15) is 14.4 Å². The summed E-state index contributed by atoms with van der Waals surface area (Å²) in [6.07, 6.45) is 3.44. The number of nitrogens with one attached hydrogen (secondary N) is 1. The van der Waals surface area contributed by atoms with Crippen molar-refractivity contribution in [1.29, 1.82) is 0 Å². The molecule has 1 saturated heterocycles. The number of esters is 1. The minimum absolute atomic E-state index is 0.00119. The summed E-state index contributed by atoms with van der Waals surface area (Å²) in [7, 11) is 0. The number of benzene rings is 1. The van der Waals surface area contributed by atoms with E-state index in [-0.39, 0.29) is 29.6 Å². The predicted molar refractivity (Wildman–Crippen MR) is 108 cm³/mol. The Bertz CT molecular complexity index is 910. The van der Waals surface area contributed by atoms with E-state index < -0.39 is 0 Å². The van der Waals surface area contributed by atoms with Gasteiger partial charge in [-0.1, -0.05) is 0 Å². The fourth-order valence-corrected chi connectivity index (χ4v) is 4.56. The molecule has 6 nitrogen and oxygen atoms in total. The maximum Gasteiger partial charge on any atom is 0.348 e. The van der Waals surface area contributed by atoms with Crippen LogP contribution in [-0.2, 0) is 14.3 Å². The number of thiophene rings is 1. The van der Waals surface area contributed by atoms with E-state index in [1.165, 1.54) is 11.3 Å². The monoisotopic (exact) mass is 400 g/mol. The molecule has 1 saturated carbocycles. The van der Waals surface area contributed by atoms with Gasteiger partial charge in [-0.25, -0.2) is 4.79 Å². The second-order valence-electron chi connectivity index (χ2n) is 7.45. The minimum atomic E-state index is -0.318. The maximum atomic E-state index is 12.6. The first-order valence-corrected chi connectivity index (χ1v) is 10.7. The van der Waals surface area contributed by atoms with Crippen molar-refractivity contribution in [3.8, 4) is 0 Å². The maximum absolute atomic E-state index is 12.6. The van der Waals surface area contributed by atoms with Crippen molar-refractivity contribution in [2.75, 3.05) is 25.0 Å². The third-order valence-corrected chi connectivity index (χ3v) is 6.46. The van der Waals surface area contributed by atoms with Gasteiger partial charge in [-0.15, -0.1) is 11.3 Å². The molecule has 0 unspecified atom stereocenters. The first-order valence-electron chi connectivity index (χ1n) is 9.85. The highest BCUT2D eigenvalue weighted by atomic mass is 32.1. The summed E-state index contributed by atoms with van der Waals surface area (Å²) >= 11 is 1.39. The molecule has 2 aliphatic rings. The van der Waals surface area contributed by atoms with Gasteiger partial charge < -0.3 is 15.0 Å². The number of likely N-dealkylation sites (tertiary alicyclic amines) is 1. The van der Waals surface area contributed by atoms with E-state index in [1.54, 1.807) is 13.0 Å². The number of nitrogens with zero attached hydrogens (tertiary/aromatic N) is 1. The van der Waals surface area contributed by atoms with E-state index in [1.807, 2.05) is 23.1 Å². The topological polar surface area (TPSA) is 75.7 Å². The average Bonchev–Trinajstić information content (AvgIpc) is 3.46. The van der Waals surface area contributed by atoms with Crippen molar-refractivity contribution in [3.05, 3.63) is 29.1 Å². The molecule has 2 heterocycles. The van der Waals surface area contributed by atoms with Gasteiger partial charge in [-0.2, -0.15) is 0 Å². The molecule has 7 heteroatoms. The predicted octanol–water partition coefficient (Wildman–Crippen LogP) is 3.67. The number of hydrogen-bond acceptors (Lipinski definition) is 5. The number of carbonyl (C=O) groups excluding carboxylic acids is 3. The standard InChI is InChI=1S/C21H24N2O4S/c1-2-27-21(26)18-12-15-11-16(5-6-17(15)28-18)22-19(24)13-7-9-23(10-8-13)20(25)14-3-4-14/h5-6,11-14H,2-4,7-10H2,1H3,(H,22,24). The van der Waals surface area contributed by atoms with Crippen LogP contribution in [0.4, 0.5) is 5.69 Å². The highest BCUT2D eigenvalue weighted by Crippen LogP contribution is 2.33. The van der Waals surface area contributed by atoms with Gasteiger partial charge in [0.05, 0.1) is 6.61 Å². The zero-order chi connectivity index (χ0) is 19.7. The lowest BCUT2D eigenvalue weighted by atomic mass is 9.95. The van der Waals surface area contributed by atoms with Crippen LogP contribution in [0.15, 0.2) is 24.3 Å². The zero-order valence-electron chi connectivity index (χ0n) is 15.9. The Morgan fingerprint density at radius 2 is 1.86 bits per heavy atom. The first-order chi connectivity index (χ1) is 13.5. The largest absolute Gasteiger partial charge is 0.462 e. The lowest BCUT2D eigenvalue weighted by molar-refractivity contribution is -0.135. The molecule has 1 aromatic carbocycles. The Morgan fingerprint density at radius 1 is 1.11 bits per heavy atom. The molecule has 2 fully saturated rings. The van der Waals surface area contributed by atoms with Crippen LogP contribution in [0.2, 0.25) is 0 Å². The number of fused-ring (bicyclic) bond motifs is 1. The van der Waals surface area contributed by atoms with E-state index in [0.29, 0.717) is 37.4 Å². The fraction of sp³-hybridized carbons (Fsp3) is 0.476. The number of hydrogen-bond donors (Lipinski definition) is 1. The molecular formula is C21H24N2O4S. The summed E-state index contributed by atoms with van der Waals surface area (Å²) in [5, 5.41) is 3.91. The van der Waals surface area contributed by atoms with Gasteiger partial charge in [-0.3, -0.25) is 9.59 Å². The summed E-state index contributed by atoms with van der Waals surface area (Å²) in [6, 6.07) is 7.46. The van der Waals surface area contributed by atoms with Gasteiger partial charge in [0.25, 0.3) is 0 Å². The average molecular weight is 401 g/mol. The lowest BCUT2D eigenvalue weighted by Gasteiger charge is -2.31. The molecule has 0 bridgehead atoms. The van der Waals surface area contributed by atoms with E-state index in [0.717, 1.165) is 28.6 Å². The Balaban J connectivity index is 1.37. The van der Waals surface area contributed by atoms with E-state index >= 15 is 0 Å². The number of amides is 2. The third kappa shape index (κ3) is 4.04. The molecule has 1 aliphatic heterocycles. The van der Waals surface area contributed by atoms with Gasteiger partial charge in [-0.05, 0) is 62.3 Å². The molecular weight excluding hydrogens is 376 g/mol. The van der Waals surface area contributed by atoms with Crippen LogP contribution in [0.3, 0.4) is 0 Å². The third-order valence-electron chi connectivity index (χ3n) is 5.36. The van der Waals surface area contributed by atoms with Gasteiger partial charge >= 0.3 is 5.97 Å². The molecule has 4 rings (SSSR count). The molecule has 28 heavy (non-hydrogen) atoms. The first kappa shape index (κ1) is 18.9. The Hall–Kier alpha value is -2.41. The quantitative estimate of drug-likeness (QED) is 0.777. The molecule has 0 radical (unpaired) electrons. The van der Waals surface area contributed by atoms with E-state index in [2.05, 4.69) is 5.32 Å². The second kappa shape index (κ2) is 7.91. The van der Waals surface area contributed by atoms with Crippen LogP contribution in [0, 0.1) is 11.8 Å². The van der Waals surface area contributed by atoms with Crippen molar-refractivity contribution in [2.24, 2.45) is 11.8 Å². The lowest BCUT2D eigenvalue weighted by Crippen LogP contribution is -2.42. The van der Waals surface area contributed by atoms with Crippen molar-refractivity contribution in [3.63, 3.8) is 0 Å². The van der Waals surface area contributed by atoms with Crippen molar-refractivity contribution >= 4 is 44.9 Å². The molecule has 2 aromatic rings. The molecule has 1 aliphatic carbocycles. The molecule has 1 N–H and O–H groups in total. The number of anilines is 1. The molecule has 148 valence electrons. The number of rotatable bonds is 5. The minimum Gasteiger partial charge on any atom is -0.462 e. The van der Waals surface area contributed by atoms with Gasteiger partial charge in [0.1, 0.15) is 4.88 Å². The Labute approximate surface area is 167 Å². The highest BCUT2D eigenvalue weighted by molar-refractivity contribution is 7.20. The summed E-state index contributed by atoms with van der Waals surface area (Å²) in [6.45, 7) is 3.46. The number of ether oxygens (including phenoxy) is 1. The molecule has 2 amide bonds. The zero-order valence-corrected chi connectivity index (χ0v) is 16.7. The highest BCUT2D eigenvalue weighted by Gasteiger charge is 2.35. The Kier molecular flexibility index (Phi) is 5.35. The number of carbonyl (C=O) groups is 3. The van der Waals surface area contributed by atoms with Crippen LogP contribution >= 0.6 is 11.3 Å². The smallest absolute Gasteiger partial charge is 0.348 e. The molecule has 0 spiro atoms.